The van der Waals surface area contributed by atoms with Gasteiger partial charge < -0.3 is 4.74 Å². The van der Waals surface area contributed by atoms with Crippen molar-refractivity contribution in [2.45, 2.75) is 45.3 Å². The van der Waals surface area contributed by atoms with Gasteiger partial charge in [-0.2, -0.15) is 0 Å². The van der Waals surface area contributed by atoms with Crippen LogP contribution in [0.4, 0.5) is 11.4 Å². The fraction of sp³-hybridized carbons (Fsp3) is 0.333. The number of halogens is 2. The van der Waals surface area contributed by atoms with Crippen molar-refractivity contribution in [2.24, 2.45) is 9.98 Å². The van der Waals surface area contributed by atoms with Gasteiger partial charge in [-0.05, 0) is 44.5 Å². The molecule has 3 rings (SSSR count). The molecule has 146 valence electrons. The first-order valence-electron chi connectivity index (χ1n) is 8.89. The number of hydrogen-bond acceptors (Lipinski definition) is 2. The average molecular weight is 448 g/mol. The van der Waals surface area contributed by atoms with E-state index in [4.69, 9.17) is 34.9 Å². The molecule has 1 heterocycles. The van der Waals surface area contributed by atoms with Crippen molar-refractivity contribution in [2.75, 3.05) is 0 Å². The topological polar surface area (TPSA) is 37.5 Å². The number of ether oxygens (including phenoxy) is 1. The third-order valence-corrected chi connectivity index (χ3v) is 4.40. The van der Waals surface area contributed by atoms with Crippen LogP contribution in [0.3, 0.4) is 0 Å². The third-order valence-electron chi connectivity index (χ3n) is 4.40. The normalized spacial score (nSPS) is 20.7. The summed E-state index contributed by atoms with van der Waals surface area (Å²) in [5.41, 5.74) is 4.20. The molecule has 2 unspecified atom stereocenters. The van der Waals surface area contributed by atoms with Gasteiger partial charge in [-0.25, -0.2) is 9.98 Å². The zero-order valence-electron chi connectivity index (χ0n) is 15.5. The fourth-order valence-corrected chi connectivity index (χ4v) is 3.07. The van der Waals surface area contributed by atoms with Gasteiger partial charge in [0.2, 0.25) is 0 Å². The maximum absolute atomic E-state index is 5.01. The summed E-state index contributed by atoms with van der Waals surface area (Å²) < 4.78 is 5.01. The molecule has 0 aliphatic carbocycles. The summed E-state index contributed by atoms with van der Waals surface area (Å²) in [5.74, 6) is 0. The van der Waals surface area contributed by atoms with Gasteiger partial charge in [0.05, 0.1) is 22.8 Å². The van der Waals surface area contributed by atoms with Gasteiger partial charge in [0.1, 0.15) is 0 Å². The molecule has 27 heavy (non-hydrogen) atoms. The van der Waals surface area contributed by atoms with E-state index in [0.29, 0.717) is 0 Å². The average Bonchev–Trinajstić information content (AvgIpc) is 2.70. The van der Waals surface area contributed by atoms with E-state index in [1.807, 2.05) is 60.7 Å². The number of rotatable bonds is 4. The Kier molecular flexibility index (Phi) is 10.1. The molecule has 3 nitrogen and oxygen atoms in total. The number of para-hydroxylation sites is 2. The van der Waals surface area contributed by atoms with Crippen molar-refractivity contribution in [1.29, 1.82) is 0 Å². The Balaban J connectivity index is 0.000000817. The van der Waals surface area contributed by atoms with Gasteiger partial charge in [-0.15, -0.1) is 0 Å². The third kappa shape index (κ3) is 7.77. The molecule has 0 bridgehead atoms. The van der Waals surface area contributed by atoms with E-state index in [-0.39, 0.29) is 25.3 Å². The Morgan fingerprint density at radius 1 is 0.815 bits per heavy atom. The molecule has 0 radical (unpaired) electrons. The van der Waals surface area contributed by atoms with Gasteiger partial charge >= 0.3 is 33.3 Å². The van der Waals surface area contributed by atoms with Gasteiger partial charge in [0.15, 0.2) is 12.2 Å². The predicted molar refractivity (Wildman–Crippen MR) is 114 cm³/mol. The summed E-state index contributed by atoms with van der Waals surface area (Å²) in [6, 6.07) is 20.2. The van der Waals surface area contributed by atoms with Gasteiger partial charge in [0.25, 0.3) is 0 Å². The standard InChI is InChI=1S/C21H24N2O.2ClH.Fe/c1-16(22-18-10-5-3-6-11-18)20-14-9-15-21(24-20)17(2)23-19-12-7-4-8-13-19;;;/h3-8,10-13,20-21H,9,14-15H2,1-2H3;2*1H;/q;;;+2/p-1. The quantitative estimate of drug-likeness (QED) is 0.295. The Bertz CT molecular complexity index is 677. The van der Waals surface area contributed by atoms with Crippen LogP contribution in [-0.4, -0.2) is 28.4 Å². The van der Waals surface area contributed by atoms with Crippen LogP contribution < -0.4 is 0 Å². The summed E-state index contributed by atoms with van der Waals surface area (Å²) in [7, 11) is 9.53. The number of aliphatic imine (C=N–C) groups is 2. The van der Waals surface area contributed by atoms with Gasteiger partial charge in [-0.1, -0.05) is 36.4 Å². The first-order chi connectivity index (χ1) is 13.1. The summed E-state index contributed by atoms with van der Waals surface area (Å²) in [6.45, 7) is 4.18. The number of hydrogen-bond donors (Lipinski definition) is 0. The van der Waals surface area contributed by atoms with Crippen LogP contribution in [0.25, 0.3) is 0 Å². The molecule has 6 heteroatoms. The van der Waals surface area contributed by atoms with Crippen molar-refractivity contribution < 1.29 is 17.9 Å². The van der Waals surface area contributed by atoms with Crippen LogP contribution in [0, 0.1) is 0 Å². The van der Waals surface area contributed by atoms with Crippen molar-refractivity contribution in [3.05, 3.63) is 60.7 Å². The maximum atomic E-state index is 5.01. The van der Waals surface area contributed by atoms with Crippen LogP contribution in [0.1, 0.15) is 33.1 Å². The Morgan fingerprint density at radius 3 is 1.56 bits per heavy atom. The van der Waals surface area contributed by atoms with Crippen LogP contribution >= 0.6 is 20.2 Å². The molecule has 0 aromatic heterocycles. The van der Waals surface area contributed by atoms with Crippen LogP contribution in [0.5, 0.6) is 0 Å². The minimum absolute atomic E-state index is 0.194. The van der Waals surface area contributed by atoms with Crippen molar-refractivity contribution in [3.63, 3.8) is 0 Å². The summed E-state index contributed by atoms with van der Waals surface area (Å²) >= 11 is 0.194. The molecule has 1 fully saturated rings. The van der Waals surface area contributed by atoms with Crippen molar-refractivity contribution in [1.82, 2.24) is 0 Å². The van der Waals surface area contributed by atoms with Crippen LogP contribution in [0.15, 0.2) is 70.6 Å². The fourth-order valence-electron chi connectivity index (χ4n) is 3.07. The molecule has 1 aliphatic heterocycles. The molecule has 2 aromatic rings. The van der Waals surface area contributed by atoms with E-state index in [9.17, 15) is 0 Å². The van der Waals surface area contributed by atoms with Crippen LogP contribution in [-0.2, 0) is 13.1 Å². The van der Waals surface area contributed by atoms with Gasteiger partial charge in [-0.3, -0.25) is 0 Å². The Morgan fingerprint density at radius 2 is 1.19 bits per heavy atom. The summed E-state index contributed by atoms with van der Waals surface area (Å²) in [5, 5.41) is 0. The molecule has 0 saturated carbocycles. The molecule has 0 spiro atoms. The molecule has 1 saturated heterocycles. The second-order valence-electron chi connectivity index (χ2n) is 6.34. The van der Waals surface area contributed by atoms with E-state index >= 15 is 0 Å². The van der Waals surface area contributed by atoms with E-state index < -0.39 is 0 Å². The van der Waals surface area contributed by atoms with E-state index in [1.165, 1.54) is 6.42 Å². The van der Waals surface area contributed by atoms with E-state index in [0.717, 1.165) is 35.6 Å². The zero-order valence-corrected chi connectivity index (χ0v) is 18.1. The summed E-state index contributed by atoms with van der Waals surface area (Å²) in [4.78, 5) is 9.49. The first-order valence-corrected chi connectivity index (χ1v) is 11.9. The molecule has 2 atom stereocenters. The molecule has 0 amide bonds. The molecule has 1 aliphatic rings. The number of nitrogens with zero attached hydrogens (tertiary/aromatic N) is 2. The molecular weight excluding hydrogens is 423 g/mol. The van der Waals surface area contributed by atoms with E-state index in [2.05, 4.69) is 13.8 Å². The molecular formula is C21H25Cl2FeN2O+. The van der Waals surface area contributed by atoms with Crippen molar-refractivity contribution in [3.8, 4) is 0 Å². The van der Waals surface area contributed by atoms with Gasteiger partial charge in [0, 0.05) is 12.8 Å². The van der Waals surface area contributed by atoms with E-state index in [1.54, 1.807) is 0 Å². The Labute approximate surface area is 176 Å². The number of aliphatic hydroxyl groups is 2. The predicted octanol–water partition coefficient (Wildman–Crippen LogP) is 6.40. The SMILES string of the molecule is CC(=Nc1ccccc1)C1CCCC(C(C)=Nc2ccccc2)[OH+]1.[Cl][Fe][Cl]. The van der Waals surface area contributed by atoms with Crippen LogP contribution in [0.2, 0.25) is 0 Å². The molecule has 1 N–H and O–H groups in total. The molecule has 2 aromatic carbocycles. The summed E-state index contributed by atoms with van der Waals surface area (Å²) in [6.07, 6.45) is 3.73. The van der Waals surface area contributed by atoms with Crippen molar-refractivity contribution >= 4 is 43.0 Å². The number of benzene rings is 2. The second-order valence-corrected chi connectivity index (χ2v) is 8.16. The monoisotopic (exact) mass is 447 g/mol. The second kappa shape index (κ2) is 12.3. The zero-order chi connectivity index (χ0) is 19.5. The Hall–Kier alpha value is -1.16. The minimum atomic E-state index is 0.194. The first kappa shape index (κ1) is 22.1.